The molecule has 0 fully saturated rings. The van der Waals surface area contributed by atoms with E-state index in [1.807, 2.05) is 0 Å². The first-order valence-electron chi connectivity index (χ1n) is 8.93. The maximum Gasteiger partial charge on any atom is 0.262 e. The van der Waals surface area contributed by atoms with E-state index in [9.17, 15) is 14.4 Å². The third-order valence-corrected chi connectivity index (χ3v) is 4.82. The van der Waals surface area contributed by atoms with Crippen molar-refractivity contribution in [2.45, 2.75) is 19.4 Å². The van der Waals surface area contributed by atoms with Gasteiger partial charge in [-0.3, -0.25) is 19.3 Å². The Morgan fingerprint density at radius 3 is 2.28 bits per heavy atom. The molecule has 29 heavy (non-hydrogen) atoms. The second kappa shape index (κ2) is 8.23. The predicted molar refractivity (Wildman–Crippen MR) is 108 cm³/mol. The summed E-state index contributed by atoms with van der Waals surface area (Å²) in [6.45, 7) is 3.21. The van der Waals surface area contributed by atoms with Gasteiger partial charge in [-0.25, -0.2) is 0 Å². The summed E-state index contributed by atoms with van der Waals surface area (Å²) in [5.41, 5.74) is 0.333. The van der Waals surface area contributed by atoms with Gasteiger partial charge in [-0.15, -0.1) is 0 Å². The smallest absolute Gasteiger partial charge is 0.262 e. The van der Waals surface area contributed by atoms with Crippen molar-refractivity contribution in [3.05, 3.63) is 58.6 Å². The first-order valence-corrected chi connectivity index (χ1v) is 9.31. The molecule has 0 saturated heterocycles. The molecular formula is C21H21ClN2O5. The van der Waals surface area contributed by atoms with Gasteiger partial charge in [0.1, 0.15) is 12.4 Å². The van der Waals surface area contributed by atoms with E-state index in [1.54, 1.807) is 56.3 Å². The fraction of sp³-hybridized carbons (Fsp3) is 0.286. The topological polar surface area (TPSA) is 84.9 Å². The van der Waals surface area contributed by atoms with Crippen LogP contribution in [0.25, 0.3) is 0 Å². The summed E-state index contributed by atoms with van der Waals surface area (Å²) in [4.78, 5) is 38.6. The molecule has 2 aromatic rings. The highest BCUT2D eigenvalue weighted by Crippen LogP contribution is 2.30. The molecule has 7 nitrogen and oxygen atoms in total. The molecule has 152 valence electrons. The molecule has 0 atom stereocenters. The number of methoxy groups -OCH3 is 1. The van der Waals surface area contributed by atoms with Crippen LogP contribution in [0.4, 0.5) is 5.69 Å². The first-order chi connectivity index (χ1) is 13.7. The number of nitrogens with one attached hydrogen (secondary N) is 1. The summed E-state index contributed by atoms with van der Waals surface area (Å²) in [5, 5.41) is 3.04. The standard InChI is InChI=1S/C21H21ClN2O5/c1-21(2,24-19(26)14-6-4-5-7-15(14)20(24)27)12-29-11-18(25)23-13-8-9-17(28-3)16(22)10-13/h4-10H,11-12H2,1-3H3,(H,23,25). The number of benzene rings is 2. The average molecular weight is 417 g/mol. The SMILES string of the molecule is COc1ccc(NC(=O)COCC(C)(C)N2C(=O)c3ccccc3C2=O)cc1Cl. The second-order valence-corrected chi connectivity index (χ2v) is 7.60. The number of nitrogens with zero attached hydrogens (tertiary/aromatic N) is 1. The van der Waals surface area contributed by atoms with Crippen LogP contribution in [-0.2, 0) is 9.53 Å². The Bertz CT molecular complexity index is 938. The van der Waals surface area contributed by atoms with Gasteiger partial charge in [0.2, 0.25) is 5.91 Å². The molecule has 0 spiro atoms. The Hall–Kier alpha value is -2.90. The average Bonchev–Trinajstić information content (AvgIpc) is 2.93. The number of hydrogen-bond acceptors (Lipinski definition) is 5. The molecule has 2 aromatic carbocycles. The van der Waals surface area contributed by atoms with E-state index in [0.717, 1.165) is 0 Å². The Balaban J connectivity index is 1.57. The second-order valence-electron chi connectivity index (χ2n) is 7.19. The quantitative estimate of drug-likeness (QED) is 0.699. The third kappa shape index (κ3) is 4.26. The Morgan fingerprint density at radius 2 is 1.72 bits per heavy atom. The minimum absolute atomic E-state index is 0.00918. The van der Waals surface area contributed by atoms with Gasteiger partial charge in [0, 0.05) is 5.69 Å². The van der Waals surface area contributed by atoms with Gasteiger partial charge in [0.15, 0.2) is 0 Å². The molecule has 0 aliphatic carbocycles. The maximum atomic E-state index is 12.6. The van der Waals surface area contributed by atoms with E-state index in [4.69, 9.17) is 21.1 Å². The number of rotatable bonds is 7. The van der Waals surface area contributed by atoms with Crippen molar-refractivity contribution in [3.63, 3.8) is 0 Å². The molecule has 3 amide bonds. The van der Waals surface area contributed by atoms with E-state index < -0.39 is 5.54 Å². The predicted octanol–water partition coefficient (Wildman–Crippen LogP) is 3.38. The summed E-state index contributed by atoms with van der Waals surface area (Å²) in [7, 11) is 1.50. The van der Waals surface area contributed by atoms with Crippen LogP contribution < -0.4 is 10.1 Å². The Morgan fingerprint density at radius 1 is 1.10 bits per heavy atom. The molecule has 1 heterocycles. The molecule has 0 radical (unpaired) electrons. The summed E-state index contributed by atoms with van der Waals surface area (Å²) >= 11 is 6.04. The molecule has 1 aliphatic rings. The van der Waals surface area contributed by atoms with Crippen molar-refractivity contribution in [2.75, 3.05) is 25.6 Å². The van der Waals surface area contributed by atoms with Gasteiger partial charge in [-0.1, -0.05) is 23.7 Å². The summed E-state index contributed by atoms with van der Waals surface area (Å²) < 4.78 is 10.6. The number of amides is 3. The van der Waals surface area contributed by atoms with Crippen LogP contribution in [0.5, 0.6) is 5.75 Å². The monoisotopic (exact) mass is 416 g/mol. The number of carbonyl (C=O) groups excluding carboxylic acids is 3. The number of ether oxygens (including phenoxy) is 2. The first kappa shape index (κ1) is 20.8. The minimum Gasteiger partial charge on any atom is -0.495 e. The Labute approximate surface area is 173 Å². The number of carbonyl (C=O) groups is 3. The third-order valence-electron chi connectivity index (χ3n) is 4.52. The van der Waals surface area contributed by atoms with Crippen LogP contribution in [0, 0.1) is 0 Å². The number of hydrogen-bond donors (Lipinski definition) is 1. The van der Waals surface area contributed by atoms with Gasteiger partial charge in [0.25, 0.3) is 11.8 Å². The molecule has 0 saturated carbocycles. The lowest BCUT2D eigenvalue weighted by molar-refractivity contribution is -0.121. The minimum atomic E-state index is -0.920. The van der Waals surface area contributed by atoms with Crippen LogP contribution in [0.2, 0.25) is 5.02 Å². The van der Waals surface area contributed by atoms with Crippen molar-refractivity contribution >= 4 is 35.0 Å². The van der Waals surface area contributed by atoms with E-state index >= 15 is 0 Å². The summed E-state index contributed by atoms with van der Waals surface area (Å²) in [5.74, 6) is -0.610. The summed E-state index contributed by atoms with van der Waals surface area (Å²) in [6.07, 6.45) is 0. The molecule has 1 aliphatic heterocycles. The molecule has 0 bridgehead atoms. The van der Waals surface area contributed by atoms with Crippen LogP contribution in [0.3, 0.4) is 0 Å². The number of fused-ring (bicyclic) bond motifs is 1. The highest BCUT2D eigenvalue weighted by atomic mass is 35.5. The summed E-state index contributed by atoms with van der Waals surface area (Å²) in [6, 6.07) is 11.6. The number of halogens is 1. The molecule has 0 aromatic heterocycles. The lowest BCUT2D eigenvalue weighted by atomic mass is 10.0. The van der Waals surface area contributed by atoms with Crippen molar-refractivity contribution in [1.82, 2.24) is 4.90 Å². The molecule has 1 N–H and O–H groups in total. The number of imide groups is 1. The highest BCUT2D eigenvalue weighted by molar-refractivity contribution is 6.32. The van der Waals surface area contributed by atoms with E-state index in [1.165, 1.54) is 12.0 Å². The van der Waals surface area contributed by atoms with E-state index in [0.29, 0.717) is 27.6 Å². The van der Waals surface area contributed by atoms with Gasteiger partial charge >= 0.3 is 0 Å². The maximum absolute atomic E-state index is 12.6. The normalized spacial score (nSPS) is 13.4. The van der Waals surface area contributed by atoms with Gasteiger partial charge < -0.3 is 14.8 Å². The molecule has 8 heteroatoms. The molecule has 3 rings (SSSR count). The van der Waals surface area contributed by atoms with Crippen molar-refractivity contribution in [1.29, 1.82) is 0 Å². The van der Waals surface area contributed by atoms with Crippen molar-refractivity contribution in [2.24, 2.45) is 0 Å². The number of anilines is 1. The van der Waals surface area contributed by atoms with Crippen LogP contribution >= 0.6 is 11.6 Å². The van der Waals surface area contributed by atoms with Crippen LogP contribution in [0.15, 0.2) is 42.5 Å². The van der Waals surface area contributed by atoms with Gasteiger partial charge in [0.05, 0.1) is 35.4 Å². The zero-order chi connectivity index (χ0) is 21.2. The zero-order valence-electron chi connectivity index (χ0n) is 16.3. The molecule has 0 unspecified atom stereocenters. The van der Waals surface area contributed by atoms with Crippen LogP contribution in [0.1, 0.15) is 34.6 Å². The van der Waals surface area contributed by atoms with Gasteiger partial charge in [-0.2, -0.15) is 0 Å². The molecular weight excluding hydrogens is 396 g/mol. The lowest BCUT2D eigenvalue weighted by Gasteiger charge is -2.33. The lowest BCUT2D eigenvalue weighted by Crippen LogP contribution is -2.50. The Kier molecular flexibility index (Phi) is 5.91. The fourth-order valence-corrected chi connectivity index (χ4v) is 3.40. The largest absolute Gasteiger partial charge is 0.495 e. The van der Waals surface area contributed by atoms with Crippen molar-refractivity contribution < 1.29 is 23.9 Å². The van der Waals surface area contributed by atoms with Crippen LogP contribution in [-0.4, -0.2) is 48.5 Å². The zero-order valence-corrected chi connectivity index (χ0v) is 17.1. The van der Waals surface area contributed by atoms with Gasteiger partial charge in [-0.05, 0) is 44.2 Å². The highest BCUT2D eigenvalue weighted by Gasteiger charge is 2.44. The van der Waals surface area contributed by atoms with E-state index in [-0.39, 0.29) is 30.9 Å². The van der Waals surface area contributed by atoms with E-state index in [2.05, 4.69) is 5.32 Å². The van der Waals surface area contributed by atoms with Crippen molar-refractivity contribution in [3.8, 4) is 5.75 Å². The fourth-order valence-electron chi connectivity index (χ4n) is 3.14.